The summed E-state index contributed by atoms with van der Waals surface area (Å²) >= 11 is 0. The number of carbonyl (C=O) groups excluding carboxylic acids is 1. The number of nitrogens with one attached hydrogen (secondary N) is 1. The molecule has 0 radical (unpaired) electrons. The third-order valence-electron chi connectivity index (χ3n) is 4.65. The van der Waals surface area contributed by atoms with E-state index in [-0.39, 0.29) is 6.03 Å². The van der Waals surface area contributed by atoms with Crippen LogP contribution in [0.1, 0.15) is 11.1 Å². The van der Waals surface area contributed by atoms with Crippen LogP contribution in [0.4, 0.5) is 10.6 Å². The number of carbonyl (C=O) groups is 1. The molecule has 6 nitrogen and oxygen atoms in total. The molecule has 1 saturated heterocycles. The molecule has 2 heterocycles. The molecule has 1 fully saturated rings. The van der Waals surface area contributed by atoms with Gasteiger partial charge in [-0.2, -0.15) is 0 Å². The maximum atomic E-state index is 12.4. The lowest BCUT2D eigenvalue weighted by Crippen LogP contribution is -2.52. The molecule has 1 N–H and O–H groups in total. The minimum absolute atomic E-state index is 0.00251. The number of anilines is 1. The number of amides is 2. The van der Waals surface area contributed by atoms with Crippen molar-refractivity contribution in [1.29, 1.82) is 0 Å². The highest BCUT2D eigenvalue weighted by Crippen LogP contribution is 2.19. The largest absolute Gasteiger partial charge is 0.496 e. The van der Waals surface area contributed by atoms with Gasteiger partial charge in [0.15, 0.2) is 0 Å². The second kappa shape index (κ2) is 8.56. The molecule has 26 heavy (non-hydrogen) atoms. The topological polar surface area (TPSA) is 57.7 Å². The van der Waals surface area contributed by atoms with Crippen molar-refractivity contribution in [2.45, 2.75) is 13.3 Å². The number of aryl methyl sites for hydroxylation is 1. The Morgan fingerprint density at radius 2 is 2.00 bits per heavy atom. The lowest BCUT2D eigenvalue weighted by Gasteiger charge is -2.35. The molecule has 0 unspecified atom stereocenters. The third-order valence-corrected chi connectivity index (χ3v) is 4.65. The quantitative estimate of drug-likeness (QED) is 0.896. The van der Waals surface area contributed by atoms with Crippen molar-refractivity contribution >= 4 is 11.8 Å². The number of hydrogen-bond donors (Lipinski definition) is 1. The molecule has 0 atom stereocenters. The summed E-state index contributed by atoms with van der Waals surface area (Å²) < 4.78 is 5.39. The first kappa shape index (κ1) is 18.0. The maximum Gasteiger partial charge on any atom is 0.317 e. The smallest absolute Gasteiger partial charge is 0.317 e. The monoisotopic (exact) mass is 354 g/mol. The van der Waals surface area contributed by atoms with Crippen LogP contribution in [-0.2, 0) is 6.42 Å². The Labute approximate surface area is 154 Å². The average molecular weight is 354 g/mol. The van der Waals surface area contributed by atoms with Gasteiger partial charge >= 0.3 is 6.03 Å². The fourth-order valence-corrected chi connectivity index (χ4v) is 3.20. The van der Waals surface area contributed by atoms with Crippen molar-refractivity contribution < 1.29 is 9.53 Å². The molecule has 1 aliphatic heterocycles. The van der Waals surface area contributed by atoms with Crippen molar-refractivity contribution in [2.75, 3.05) is 44.7 Å². The molecule has 0 aliphatic carbocycles. The van der Waals surface area contributed by atoms with Crippen molar-refractivity contribution in [2.24, 2.45) is 0 Å². The van der Waals surface area contributed by atoms with Crippen molar-refractivity contribution in [3.63, 3.8) is 0 Å². The van der Waals surface area contributed by atoms with E-state index in [1.54, 1.807) is 13.3 Å². The summed E-state index contributed by atoms with van der Waals surface area (Å²) in [5.74, 6) is 1.84. The molecule has 0 saturated carbocycles. The summed E-state index contributed by atoms with van der Waals surface area (Å²) in [5, 5.41) is 3.02. The first-order valence-corrected chi connectivity index (χ1v) is 8.99. The number of hydrogen-bond acceptors (Lipinski definition) is 4. The van der Waals surface area contributed by atoms with E-state index >= 15 is 0 Å². The van der Waals surface area contributed by atoms with Crippen LogP contribution in [0.25, 0.3) is 0 Å². The van der Waals surface area contributed by atoms with Gasteiger partial charge in [0.05, 0.1) is 7.11 Å². The van der Waals surface area contributed by atoms with Crippen LogP contribution in [0.3, 0.4) is 0 Å². The number of benzene rings is 1. The molecule has 138 valence electrons. The van der Waals surface area contributed by atoms with Crippen molar-refractivity contribution in [3.05, 3.63) is 53.7 Å². The number of piperazine rings is 1. The summed E-state index contributed by atoms with van der Waals surface area (Å²) in [6, 6.07) is 12.0. The molecular weight excluding hydrogens is 328 g/mol. The minimum Gasteiger partial charge on any atom is -0.496 e. The Balaban J connectivity index is 1.46. The fourth-order valence-electron chi connectivity index (χ4n) is 3.20. The van der Waals surface area contributed by atoms with Gasteiger partial charge in [0.25, 0.3) is 0 Å². The predicted octanol–water partition coefficient (Wildman–Crippen LogP) is 2.47. The highest BCUT2D eigenvalue weighted by atomic mass is 16.5. The highest BCUT2D eigenvalue weighted by Gasteiger charge is 2.21. The van der Waals surface area contributed by atoms with Gasteiger partial charge in [0.1, 0.15) is 11.6 Å². The standard InChI is InChI=1S/C20H26N4O2/c1-16-6-7-18(26-2)17(15-16)8-10-22-20(25)24-13-11-23(12-14-24)19-5-3-4-9-21-19/h3-7,9,15H,8,10-14H2,1-2H3,(H,22,25). The van der Waals surface area contributed by atoms with Crippen LogP contribution in [0.2, 0.25) is 0 Å². The van der Waals surface area contributed by atoms with Crippen molar-refractivity contribution in [1.82, 2.24) is 15.2 Å². The first-order valence-electron chi connectivity index (χ1n) is 8.99. The first-order chi connectivity index (χ1) is 12.7. The van der Waals surface area contributed by atoms with E-state index in [1.165, 1.54) is 5.56 Å². The summed E-state index contributed by atoms with van der Waals surface area (Å²) in [4.78, 5) is 20.9. The zero-order chi connectivity index (χ0) is 18.4. The van der Waals surface area contributed by atoms with E-state index in [0.29, 0.717) is 19.6 Å². The molecule has 1 aromatic heterocycles. The van der Waals surface area contributed by atoms with Gasteiger partial charge < -0.3 is 19.9 Å². The summed E-state index contributed by atoms with van der Waals surface area (Å²) in [7, 11) is 1.67. The van der Waals surface area contributed by atoms with Gasteiger partial charge in [0.2, 0.25) is 0 Å². The second-order valence-corrected chi connectivity index (χ2v) is 6.46. The Bertz CT molecular complexity index is 728. The van der Waals surface area contributed by atoms with E-state index in [4.69, 9.17) is 4.74 Å². The molecule has 3 rings (SSSR count). The summed E-state index contributed by atoms with van der Waals surface area (Å²) in [6.07, 6.45) is 2.55. The molecule has 0 bridgehead atoms. The lowest BCUT2D eigenvalue weighted by atomic mass is 10.1. The van der Waals surface area contributed by atoms with E-state index in [2.05, 4.69) is 28.2 Å². The van der Waals surface area contributed by atoms with Gasteiger partial charge in [-0.3, -0.25) is 0 Å². The number of urea groups is 1. The normalized spacial score (nSPS) is 14.2. The van der Waals surface area contributed by atoms with Gasteiger partial charge in [-0.1, -0.05) is 23.8 Å². The van der Waals surface area contributed by atoms with E-state index < -0.39 is 0 Å². The number of aromatic nitrogens is 1. The molecule has 1 aliphatic rings. The van der Waals surface area contributed by atoms with Crippen LogP contribution < -0.4 is 15.0 Å². The minimum atomic E-state index is -0.00251. The Kier molecular flexibility index (Phi) is 5.94. The second-order valence-electron chi connectivity index (χ2n) is 6.46. The van der Waals surface area contributed by atoms with Crippen LogP contribution in [-0.4, -0.2) is 55.7 Å². The maximum absolute atomic E-state index is 12.4. The molecule has 0 spiro atoms. The number of methoxy groups -OCH3 is 1. The number of pyridine rings is 1. The van der Waals surface area contributed by atoms with Gasteiger partial charge in [-0.25, -0.2) is 9.78 Å². The molecular formula is C20H26N4O2. The Morgan fingerprint density at radius 1 is 1.19 bits per heavy atom. The zero-order valence-electron chi connectivity index (χ0n) is 15.4. The number of ether oxygens (including phenoxy) is 1. The molecule has 6 heteroatoms. The predicted molar refractivity (Wildman–Crippen MR) is 103 cm³/mol. The van der Waals surface area contributed by atoms with Gasteiger partial charge in [-0.05, 0) is 37.1 Å². The van der Waals surface area contributed by atoms with Crippen LogP contribution >= 0.6 is 0 Å². The molecule has 2 aromatic rings. The average Bonchev–Trinajstić information content (AvgIpc) is 2.69. The fraction of sp³-hybridized carbons (Fsp3) is 0.400. The van der Waals surface area contributed by atoms with E-state index in [9.17, 15) is 4.79 Å². The van der Waals surface area contributed by atoms with Crippen LogP contribution in [0, 0.1) is 6.92 Å². The van der Waals surface area contributed by atoms with Crippen LogP contribution in [0.15, 0.2) is 42.6 Å². The SMILES string of the molecule is COc1ccc(C)cc1CCNC(=O)N1CCN(c2ccccn2)CC1. The molecule has 1 aromatic carbocycles. The molecule has 2 amide bonds. The zero-order valence-corrected chi connectivity index (χ0v) is 15.4. The highest BCUT2D eigenvalue weighted by molar-refractivity contribution is 5.74. The summed E-state index contributed by atoms with van der Waals surface area (Å²) in [5.41, 5.74) is 2.31. The number of rotatable bonds is 5. The Hall–Kier alpha value is -2.76. The van der Waals surface area contributed by atoms with Gasteiger partial charge in [0, 0.05) is 38.9 Å². The Morgan fingerprint density at radius 3 is 2.69 bits per heavy atom. The number of nitrogens with zero attached hydrogens (tertiary/aromatic N) is 3. The van der Waals surface area contributed by atoms with E-state index in [0.717, 1.165) is 36.6 Å². The van der Waals surface area contributed by atoms with Crippen molar-refractivity contribution in [3.8, 4) is 5.75 Å². The van der Waals surface area contributed by atoms with E-state index in [1.807, 2.05) is 35.2 Å². The van der Waals surface area contributed by atoms with Gasteiger partial charge in [-0.15, -0.1) is 0 Å². The van der Waals surface area contributed by atoms with Crippen LogP contribution in [0.5, 0.6) is 5.75 Å². The third kappa shape index (κ3) is 4.45. The lowest BCUT2D eigenvalue weighted by molar-refractivity contribution is 0.194. The summed E-state index contributed by atoms with van der Waals surface area (Å²) in [6.45, 7) is 5.67.